The van der Waals surface area contributed by atoms with Gasteiger partial charge in [0.05, 0.1) is 15.5 Å². The molecular formula is C26H24ClN5O4. The van der Waals surface area contributed by atoms with Gasteiger partial charge in [0.2, 0.25) is 5.89 Å². The molecule has 3 aromatic carbocycles. The SMILES string of the molecule is Cc1ccc(-c2nc3ccccc3o2)cc1NC(=O)c1cc([N+](=O)[O-])c(N2CCN(C)CC2)cc1Cl. The molecule has 0 bridgehead atoms. The van der Waals surface area contributed by atoms with E-state index in [0.717, 1.165) is 24.2 Å². The third-order valence-corrected chi connectivity index (χ3v) is 6.69. The molecule has 184 valence electrons. The molecule has 10 heteroatoms. The van der Waals surface area contributed by atoms with Gasteiger partial charge in [-0.2, -0.15) is 0 Å². The number of rotatable bonds is 5. The topological polar surface area (TPSA) is 105 Å². The van der Waals surface area contributed by atoms with Crippen LogP contribution in [0, 0.1) is 17.0 Å². The van der Waals surface area contributed by atoms with Gasteiger partial charge < -0.3 is 19.5 Å². The molecule has 1 aromatic heterocycles. The number of fused-ring (bicyclic) bond motifs is 1. The Morgan fingerprint density at radius 2 is 1.86 bits per heavy atom. The first-order valence-electron chi connectivity index (χ1n) is 11.5. The third kappa shape index (κ3) is 4.62. The van der Waals surface area contributed by atoms with Crippen LogP contribution in [0.2, 0.25) is 5.02 Å². The lowest BCUT2D eigenvalue weighted by molar-refractivity contribution is -0.384. The second kappa shape index (κ2) is 9.60. The van der Waals surface area contributed by atoms with Crippen LogP contribution < -0.4 is 10.2 Å². The molecule has 1 fully saturated rings. The molecule has 9 nitrogen and oxygen atoms in total. The molecule has 0 unspecified atom stereocenters. The van der Waals surface area contributed by atoms with Gasteiger partial charge in [0.25, 0.3) is 11.6 Å². The summed E-state index contributed by atoms with van der Waals surface area (Å²) in [5, 5.41) is 14.9. The highest BCUT2D eigenvalue weighted by atomic mass is 35.5. The Labute approximate surface area is 212 Å². The summed E-state index contributed by atoms with van der Waals surface area (Å²) in [6.07, 6.45) is 0. The molecule has 0 saturated carbocycles. The van der Waals surface area contributed by atoms with Crippen molar-refractivity contribution in [3.63, 3.8) is 0 Å². The molecule has 2 heterocycles. The zero-order valence-corrected chi connectivity index (χ0v) is 20.6. The number of benzene rings is 3. The summed E-state index contributed by atoms with van der Waals surface area (Å²) >= 11 is 6.48. The maximum absolute atomic E-state index is 13.2. The van der Waals surface area contributed by atoms with E-state index in [2.05, 4.69) is 15.2 Å². The number of piperazine rings is 1. The lowest BCUT2D eigenvalue weighted by Gasteiger charge is -2.33. The molecule has 0 radical (unpaired) electrons. The summed E-state index contributed by atoms with van der Waals surface area (Å²) in [6, 6.07) is 15.7. The van der Waals surface area contributed by atoms with Gasteiger partial charge in [0.15, 0.2) is 5.58 Å². The first-order chi connectivity index (χ1) is 17.3. The van der Waals surface area contributed by atoms with Crippen molar-refractivity contribution in [1.29, 1.82) is 0 Å². The fourth-order valence-electron chi connectivity index (χ4n) is 4.25. The number of halogens is 1. The van der Waals surface area contributed by atoms with Crippen LogP contribution in [0.25, 0.3) is 22.6 Å². The van der Waals surface area contributed by atoms with E-state index >= 15 is 0 Å². The van der Waals surface area contributed by atoms with E-state index < -0.39 is 10.8 Å². The average molecular weight is 506 g/mol. The van der Waals surface area contributed by atoms with Crippen molar-refractivity contribution in [1.82, 2.24) is 9.88 Å². The standard InChI is InChI=1S/C26H24ClN5O4/c1-16-7-8-17(26-29-20-5-3-4-6-24(20)36-26)13-21(16)28-25(33)18-14-23(32(34)35)22(15-19(18)27)31-11-9-30(2)10-12-31/h3-8,13-15H,9-12H2,1-2H3,(H,28,33). The number of anilines is 2. The second-order valence-electron chi connectivity index (χ2n) is 8.84. The van der Waals surface area contributed by atoms with Crippen molar-refractivity contribution >= 4 is 45.7 Å². The fourth-order valence-corrected chi connectivity index (χ4v) is 4.49. The number of oxazole rings is 1. The zero-order chi connectivity index (χ0) is 25.4. The predicted octanol–water partition coefficient (Wildman–Crippen LogP) is 5.37. The van der Waals surface area contributed by atoms with Crippen LogP contribution in [0.4, 0.5) is 17.1 Å². The molecule has 5 rings (SSSR count). The van der Waals surface area contributed by atoms with Gasteiger partial charge in [0, 0.05) is 43.5 Å². The Morgan fingerprint density at radius 1 is 1.11 bits per heavy atom. The number of likely N-dealkylation sites (N-methyl/N-ethyl adjacent to an activating group) is 1. The molecule has 0 spiro atoms. The normalized spacial score (nSPS) is 14.2. The summed E-state index contributed by atoms with van der Waals surface area (Å²) in [7, 11) is 2.01. The maximum Gasteiger partial charge on any atom is 0.293 e. The summed E-state index contributed by atoms with van der Waals surface area (Å²) in [6.45, 7) is 4.70. The smallest absolute Gasteiger partial charge is 0.293 e. The van der Waals surface area contributed by atoms with Crippen molar-refractivity contribution in [2.45, 2.75) is 6.92 Å². The van der Waals surface area contributed by atoms with E-state index in [4.69, 9.17) is 16.0 Å². The van der Waals surface area contributed by atoms with Crippen LogP contribution in [0.1, 0.15) is 15.9 Å². The van der Waals surface area contributed by atoms with Gasteiger partial charge >= 0.3 is 0 Å². The molecule has 0 atom stereocenters. The van der Waals surface area contributed by atoms with Crippen LogP contribution in [0.5, 0.6) is 0 Å². The molecule has 0 aliphatic carbocycles. The first-order valence-corrected chi connectivity index (χ1v) is 11.9. The summed E-state index contributed by atoms with van der Waals surface area (Å²) in [5.74, 6) is -0.109. The largest absolute Gasteiger partial charge is 0.436 e. The van der Waals surface area contributed by atoms with E-state index in [1.165, 1.54) is 12.1 Å². The van der Waals surface area contributed by atoms with Gasteiger partial charge in [-0.05, 0) is 49.9 Å². The molecule has 4 aromatic rings. The van der Waals surface area contributed by atoms with Crippen molar-refractivity contribution in [2.75, 3.05) is 43.4 Å². The Balaban J connectivity index is 1.44. The second-order valence-corrected chi connectivity index (χ2v) is 9.25. The van der Waals surface area contributed by atoms with Crippen LogP contribution >= 0.6 is 11.6 Å². The lowest BCUT2D eigenvalue weighted by atomic mass is 10.1. The molecule has 1 amide bonds. The number of nitrogens with one attached hydrogen (secondary N) is 1. The number of hydrogen-bond acceptors (Lipinski definition) is 7. The number of para-hydroxylation sites is 2. The van der Waals surface area contributed by atoms with E-state index in [1.807, 2.05) is 55.3 Å². The number of nitro benzene ring substituents is 1. The highest BCUT2D eigenvalue weighted by molar-refractivity contribution is 6.35. The number of carbonyl (C=O) groups is 1. The summed E-state index contributed by atoms with van der Waals surface area (Å²) in [5.41, 5.74) is 3.73. The molecule has 1 aliphatic heterocycles. The fraction of sp³-hybridized carbons (Fsp3) is 0.231. The summed E-state index contributed by atoms with van der Waals surface area (Å²) < 4.78 is 5.85. The Hall–Kier alpha value is -3.95. The number of aromatic nitrogens is 1. The average Bonchev–Trinajstić information content (AvgIpc) is 3.30. The van der Waals surface area contributed by atoms with Crippen molar-refractivity contribution in [3.8, 4) is 11.5 Å². The highest BCUT2D eigenvalue weighted by Crippen LogP contribution is 2.35. The molecule has 1 saturated heterocycles. The molecule has 1 N–H and O–H groups in total. The van der Waals surface area contributed by atoms with E-state index in [9.17, 15) is 14.9 Å². The van der Waals surface area contributed by atoms with Gasteiger partial charge in [0.1, 0.15) is 11.2 Å². The maximum atomic E-state index is 13.2. The number of aryl methyl sites for hydroxylation is 1. The Kier molecular flexibility index (Phi) is 6.34. The molecule has 36 heavy (non-hydrogen) atoms. The Bertz CT molecular complexity index is 1440. The number of nitrogens with zero attached hydrogens (tertiary/aromatic N) is 4. The minimum absolute atomic E-state index is 0.0351. The van der Waals surface area contributed by atoms with Crippen molar-refractivity contribution < 1.29 is 14.1 Å². The highest BCUT2D eigenvalue weighted by Gasteiger charge is 2.27. The number of hydrogen-bond donors (Lipinski definition) is 1. The zero-order valence-electron chi connectivity index (χ0n) is 19.8. The third-order valence-electron chi connectivity index (χ3n) is 6.38. The minimum atomic E-state index is -0.536. The number of amides is 1. The first kappa shape index (κ1) is 23.8. The van der Waals surface area contributed by atoms with Crippen LogP contribution in [0.3, 0.4) is 0 Å². The number of nitro groups is 1. The molecular weight excluding hydrogens is 482 g/mol. The minimum Gasteiger partial charge on any atom is -0.436 e. The van der Waals surface area contributed by atoms with Crippen LogP contribution in [0.15, 0.2) is 59.0 Å². The quantitative estimate of drug-likeness (QED) is 0.287. The Morgan fingerprint density at radius 3 is 2.58 bits per heavy atom. The molecule has 1 aliphatic rings. The van der Waals surface area contributed by atoms with Gasteiger partial charge in [-0.15, -0.1) is 0 Å². The van der Waals surface area contributed by atoms with Crippen molar-refractivity contribution in [3.05, 3.63) is 80.9 Å². The van der Waals surface area contributed by atoms with Gasteiger partial charge in [-0.1, -0.05) is 29.8 Å². The van der Waals surface area contributed by atoms with Crippen LogP contribution in [-0.2, 0) is 0 Å². The van der Waals surface area contributed by atoms with E-state index in [1.54, 1.807) is 6.07 Å². The van der Waals surface area contributed by atoms with Gasteiger partial charge in [-0.3, -0.25) is 14.9 Å². The number of carbonyl (C=O) groups excluding carboxylic acids is 1. The van der Waals surface area contributed by atoms with Gasteiger partial charge in [-0.25, -0.2) is 4.98 Å². The van der Waals surface area contributed by atoms with Crippen LogP contribution in [-0.4, -0.2) is 53.9 Å². The van der Waals surface area contributed by atoms with E-state index in [-0.39, 0.29) is 16.3 Å². The van der Waals surface area contributed by atoms with E-state index in [0.29, 0.717) is 41.5 Å². The predicted molar refractivity (Wildman–Crippen MR) is 140 cm³/mol. The van der Waals surface area contributed by atoms with Crippen molar-refractivity contribution in [2.24, 2.45) is 0 Å². The summed E-state index contributed by atoms with van der Waals surface area (Å²) in [4.78, 5) is 33.2. The monoisotopic (exact) mass is 505 g/mol. The lowest BCUT2D eigenvalue weighted by Crippen LogP contribution is -2.44.